The Morgan fingerprint density at radius 1 is 0.912 bits per heavy atom. The Hall–Kier alpha value is -2.36. The third-order valence-corrected chi connectivity index (χ3v) is 14.1. The van der Waals surface area contributed by atoms with Crippen LogP contribution in [0.1, 0.15) is 110 Å². The number of phosphoric acid groups is 3. The van der Waals surface area contributed by atoms with E-state index < -0.39 is 84.6 Å². The van der Waals surface area contributed by atoms with Crippen molar-refractivity contribution in [3.05, 3.63) is 37.0 Å². The number of amides is 2. The number of unbranched alkanes of at least 4 members (excludes halogenated alkanes) is 8. The number of nitrogens with two attached hydrogens (primary N) is 1. The zero-order valence-electron chi connectivity index (χ0n) is 38.9. The summed E-state index contributed by atoms with van der Waals surface area (Å²) in [6, 6.07) is 0. The summed E-state index contributed by atoms with van der Waals surface area (Å²) in [6.07, 6.45) is 14.6. The topological polar surface area (TPSA) is 364 Å². The van der Waals surface area contributed by atoms with Gasteiger partial charge in [0.2, 0.25) is 11.8 Å². The Morgan fingerprint density at radius 3 is 2.24 bits per heavy atom. The van der Waals surface area contributed by atoms with Crippen LogP contribution in [0.25, 0.3) is 11.2 Å². The van der Waals surface area contributed by atoms with Crippen LogP contribution in [-0.2, 0) is 50.7 Å². The van der Waals surface area contributed by atoms with Gasteiger partial charge in [0.25, 0.3) is 0 Å². The molecule has 2 amide bonds. The Balaban J connectivity index is 0.0000159. The van der Waals surface area contributed by atoms with Crippen molar-refractivity contribution in [1.29, 1.82) is 0 Å². The monoisotopic (exact) mass is 1040 g/mol. The number of rotatable bonds is 33. The van der Waals surface area contributed by atoms with Gasteiger partial charge in [-0.15, -0.1) is 0 Å². The van der Waals surface area contributed by atoms with E-state index in [1.807, 2.05) is 0 Å². The smallest absolute Gasteiger partial charge is 0.386 e. The number of ether oxygens (including phenoxy) is 1. The van der Waals surface area contributed by atoms with Crippen LogP contribution in [0, 0.1) is 5.41 Å². The molecular weight excluding hydrogens is 970 g/mol. The van der Waals surface area contributed by atoms with E-state index in [1.165, 1.54) is 33.1 Å². The Kier molecular flexibility index (Phi) is 27.7. The minimum absolute atomic E-state index is 0. The number of imidazole rings is 1. The summed E-state index contributed by atoms with van der Waals surface area (Å²) in [5, 5.41) is 26.6. The van der Waals surface area contributed by atoms with E-state index in [0.29, 0.717) is 12.2 Å². The maximum Gasteiger partial charge on any atom is 0.481 e. The molecule has 7 unspecified atom stereocenters. The zero-order valence-corrected chi connectivity index (χ0v) is 42.4. The largest absolute Gasteiger partial charge is 0.481 e. The number of carbonyl (C=O) groups is 3. The van der Waals surface area contributed by atoms with Crippen molar-refractivity contribution >= 4 is 88.0 Å². The molecule has 0 aliphatic carbocycles. The van der Waals surface area contributed by atoms with E-state index in [9.17, 15) is 57.9 Å². The molecule has 1 radical (unpaired) electrons. The number of aliphatic hydroxyl groups is 2. The van der Waals surface area contributed by atoms with Crippen LogP contribution in [0.3, 0.4) is 0 Å². The molecule has 7 atom stereocenters. The van der Waals surface area contributed by atoms with E-state index in [0.717, 1.165) is 80.4 Å². The first kappa shape index (κ1) is 61.8. The van der Waals surface area contributed by atoms with Gasteiger partial charge in [0.15, 0.2) is 22.8 Å². The molecule has 2 aromatic heterocycles. The van der Waals surface area contributed by atoms with Crippen LogP contribution >= 0.6 is 35.2 Å². The Labute approximate surface area is 412 Å². The van der Waals surface area contributed by atoms with Crippen LogP contribution in [-0.4, -0.2) is 142 Å². The molecule has 3 rings (SSSR count). The summed E-state index contributed by atoms with van der Waals surface area (Å²) in [4.78, 5) is 88.3. The number of allylic oxidation sites excluding steroid dienone is 4. The molecule has 68 heavy (non-hydrogen) atoms. The van der Waals surface area contributed by atoms with Crippen molar-refractivity contribution in [2.45, 2.75) is 135 Å². The summed E-state index contributed by atoms with van der Waals surface area (Å²) in [7, 11) is -16.4. The average Bonchev–Trinajstić information content (AvgIpc) is 3.81. The third kappa shape index (κ3) is 22.8. The molecule has 0 bridgehead atoms. The number of anilines is 1. The fourth-order valence-corrected chi connectivity index (χ4v) is 10.00. The van der Waals surface area contributed by atoms with Crippen LogP contribution in [0.2, 0.25) is 0 Å². The van der Waals surface area contributed by atoms with Gasteiger partial charge in [0.1, 0.15) is 36.3 Å². The summed E-state index contributed by atoms with van der Waals surface area (Å²) in [5.74, 6) is -1.04. The molecular formula is C39H66LiN7O17P3S. The number of thioether (sulfide) groups is 1. The molecule has 0 saturated carbocycles. The van der Waals surface area contributed by atoms with Crippen LogP contribution in [0.15, 0.2) is 37.0 Å². The second-order valence-corrected chi connectivity index (χ2v) is 21.7. The zero-order chi connectivity index (χ0) is 49.7. The molecule has 2 aromatic rings. The fraction of sp³-hybridized carbons (Fsp3) is 0.692. The normalized spacial score (nSPS) is 20.0. The molecule has 10 N–H and O–H groups in total. The first-order valence-electron chi connectivity index (χ1n) is 21.9. The molecule has 24 nitrogen and oxygen atoms in total. The van der Waals surface area contributed by atoms with Crippen molar-refractivity contribution in [1.82, 2.24) is 30.2 Å². The predicted octanol–water partition coefficient (Wildman–Crippen LogP) is 4.10. The summed E-state index contributed by atoms with van der Waals surface area (Å²) >= 11 is 1.14. The number of nitrogen functional groups attached to an aromatic ring is 1. The maximum atomic E-state index is 12.7. The minimum Gasteiger partial charge on any atom is -0.386 e. The molecule has 381 valence electrons. The van der Waals surface area contributed by atoms with Crippen molar-refractivity contribution < 1.29 is 80.5 Å². The minimum atomic E-state index is -5.58. The number of hydrogen-bond acceptors (Lipinski definition) is 18. The van der Waals surface area contributed by atoms with Crippen LogP contribution in [0.5, 0.6) is 0 Å². The van der Waals surface area contributed by atoms with Gasteiger partial charge < -0.3 is 50.9 Å². The second-order valence-electron chi connectivity index (χ2n) is 16.3. The molecule has 1 fully saturated rings. The van der Waals surface area contributed by atoms with Crippen molar-refractivity contribution in [2.75, 3.05) is 37.8 Å². The van der Waals surface area contributed by atoms with E-state index in [2.05, 4.69) is 65.6 Å². The summed E-state index contributed by atoms with van der Waals surface area (Å²) in [6.45, 7) is 2.76. The van der Waals surface area contributed by atoms with E-state index in [4.69, 9.17) is 19.5 Å². The second kappa shape index (κ2) is 30.5. The van der Waals surface area contributed by atoms with E-state index in [1.54, 1.807) is 0 Å². The average molecular weight is 1040 g/mol. The standard InChI is InChI=1S/C39H66N7O17P3S.Li/c1-4-5-6-7-8-9-10-11-12-13-14-15-16-17-18-19-30(48)67-23-22-41-29(47)20-21-42-37(51)34(50)39(2,3)25-60-66(57,58)63-65(55,56)59-24-28-33(62-64(52,53)54)32(49)38(61-28)46-27-45-31-35(40)43-26-44-36(31)46;/h8-9,11-12,26-28,32-34,38,49-50H,4-7,10,13-25H2,1-3H3,(H,41,47)(H,42,51)(H,55,56)(H,57,58)(H2,40,43,44)(H2,52,53,54);. The van der Waals surface area contributed by atoms with Crippen molar-refractivity contribution in [3.63, 3.8) is 0 Å². The number of nitrogens with one attached hydrogen (secondary N) is 2. The number of aromatic nitrogens is 4. The Bertz CT molecular complexity index is 2100. The number of aliphatic hydroxyl groups excluding tert-OH is 2. The summed E-state index contributed by atoms with van der Waals surface area (Å²) in [5.41, 5.74) is 4.28. The van der Waals surface area contributed by atoms with Crippen LogP contribution in [0.4, 0.5) is 5.82 Å². The van der Waals surface area contributed by atoms with Gasteiger partial charge in [0.05, 0.1) is 19.5 Å². The molecule has 1 saturated heterocycles. The SMILES string of the molecule is CCCCCC=CCC=CCCCCCCCC(=O)SCCNC(=O)CCNC(=O)C(O)C(C)(C)COP(=O)(O)OP(=O)(O)OCC1OC(n2cnc3c(N)ncnc32)C(O)C1OP(=O)(O)O.[Li]. The molecule has 3 heterocycles. The number of hydrogen-bond donors (Lipinski definition) is 9. The van der Waals surface area contributed by atoms with Gasteiger partial charge in [0, 0.05) is 56.0 Å². The Morgan fingerprint density at radius 2 is 1.56 bits per heavy atom. The predicted molar refractivity (Wildman–Crippen MR) is 252 cm³/mol. The van der Waals surface area contributed by atoms with Crippen molar-refractivity contribution in [2.24, 2.45) is 5.41 Å². The van der Waals surface area contributed by atoms with Gasteiger partial charge in [-0.2, -0.15) is 4.31 Å². The summed E-state index contributed by atoms with van der Waals surface area (Å²) < 4.78 is 62.4. The molecule has 29 heteroatoms. The van der Waals surface area contributed by atoms with Gasteiger partial charge in [-0.05, 0) is 38.5 Å². The van der Waals surface area contributed by atoms with Gasteiger partial charge in [-0.25, -0.2) is 28.6 Å². The molecule has 1 aliphatic rings. The van der Waals surface area contributed by atoms with E-state index >= 15 is 0 Å². The number of nitrogens with zero attached hydrogens (tertiary/aromatic N) is 4. The fourth-order valence-electron chi connectivity index (χ4n) is 6.45. The van der Waals surface area contributed by atoms with Gasteiger partial charge in [-0.1, -0.05) is 88.9 Å². The number of fused-ring (bicyclic) bond motifs is 1. The first-order valence-corrected chi connectivity index (χ1v) is 27.4. The van der Waals surface area contributed by atoms with Crippen LogP contribution < -0.4 is 16.4 Å². The molecule has 1 aliphatic heterocycles. The molecule has 0 aromatic carbocycles. The number of carbonyl (C=O) groups excluding carboxylic acids is 3. The molecule has 0 spiro atoms. The maximum absolute atomic E-state index is 12.7. The van der Waals surface area contributed by atoms with Gasteiger partial charge >= 0.3 is 23.5 Å². The first-order chi connectivity index (χ1) is 31.6. The van der Waals surface area contributed by atoms with Crippen molar-refractivity contribution in [3.8, 4) is 0 Å². The van der Waals surface area contributed by atoms with Gasteiger partial charge in [-0.3, -0.25) is 32.5 Å². The quantitative estimate of drug-likeness (QED) is 0.0210. The number of phosphoric ester groups is 3. The third-order valence-electron chi connectivity index (χ3n) is 10.1. The van der Waals surface area contributed by atoms with E-state index in [-0.39, 0.29) is 60.5 Å².